The normalized spacial score (nSPS) is 14.1. The highest BCUT2D eigenvalue weighted by atomic mass is 16.3. The van der Waals surface area contributed by atoms with Gasteiger partial charge in [0.05, 0.1) is 6.61 Å². The summed E-state index contributed by atoms with van der Waals surface area (Å²) in [6.07, 6.45) is 2.44. The van der Waals surface area contributed by atoms with Crippen molar-refractivity contribution in [2.24, 2.45) is 0 Å². The molecule has 0 spiro atoms. The molecule has 0 aliphatic rings. The molecule has 2 nitrogen and oxygen atoms in total. The van der Waals surface area contributed by atoms with Gasteiger partial charge in [0.15, 0.2) is 0 Å². The van der Waals surface area contributed by atoms with Crippen LogP contribution in [0.1, 0.15) is 26.7 Å². The average molecular weight is 145 g/mol. The maximum Gasteiger partial charge on any atom is 0.0558 e. The van der Waals surface area contributed by atoms with E-state index in [1.165, 1.54) is 12.8 Å². The molecule has 0 bridgehead atoms. The van der Waals surface area contributed by atoms with Crippen molar-refractivity contribution in [2.45, 2.75) is 32.7 Å². The molecule has 1 N–H and O–H groups in total. The third-order valence-corrected chi connectivity index (χ3v) is 1.91. The van der Waals surface area contributed by atoms with Gasteiger partial charge in [0.25, 0.3) is 0 Å². The summed E-state index contributed by atoms with van der Waals surface area (Å²) in [7, 11) is 2.05. The molecular weight excluding hydrogens is 126 g/mol. The van der Waals surface area contributed by atoms with E-state index in [1.807, 2.05) is 0 Å². The van der Waals surface area contributed by atoms with Crippen molar-refractivity contribution in [1.29, 1.82) is 0 Å². The highest BCUT2D eigenvalue weighted by Crippen LogP contribution is 2.02. The number of hydrogen-bond donors (Lipinski definition) is 1. The molecule has 10 heavy (non-hydrogen) atoms. The Morgan fingerprint density at radius 2 is 2.10 bits per heavy atom. The summed E-state index contributed by atoms with van der Waals surface area (Å²) < 4.78 is 0. The summed E-state index contributed by atoms with van der Waals surface area (Å²) in [5, 5.41) is 8.61. The fourth-order valence-electron chi connectivity index (χ4n) is 1.02. The molecule has 0 aromatic rings. The quantitative estimate of drug-likeness (QED) is 0.626. The van der Waals surface area contributed by atoms with Crippen molar-refractivity contribution >= 4 is 0 Å². The zero-order valence-corrected chi connectivity index (χ0v) is 7.30. The first-order valence-corrected chi connectivity index (χ1v) is 4.03. The molecule has 1 atom stereocenters. The first kappa shape index (κ1) is 9.92. The van der Waals surface area contributed by atoms with Crippen LogP contribution in [-0.4, -0.2) is 36.2 Å². The summed E-state index contributed by atoms with van der Waals surface area (Å²) in [5.41, 5.74) is 0. The smallest absolute Gasteiger partial charge is 0.0558 e. The largest absolute Gasteiger partial charge is 0.395 e. The second kappa shape index (κ2) is 5.69. The van der Waals surface area contributed by atoms with E-state index in [-0.39, 0.29) is 6.61 Å². The minimum Gasteiger partial charge on any atom is -0.395 e. The van der Waals surface area contributed by atoms with E-state index in [4.69, 9.17) is 5.11 Å². The monoisotopic (exact) mass is 145 g/mol. The number of aliphatic hydroxyl groups excluding tert-OH is 1. The van der Waals surface area contributed by atoms with Crippen molar-refractivity contribution in [3.8, 4) is 0 Å². The fourth-order valence-corrected chi connectivity index (χ4v) is 1.02. The molecule has 1 unspecified atom stereocenters. The standard InChI is InChI=1S/C8H19NO/c1-4-5-8(2)9(3)6-7-10/h8,10H,4-7H2,1-3H3. The molecule has 0 aromatic carbocycles. The van der Waals surface area contributed by atoms with Gasteiger partial charge in [-0.25, -0.2) is 0 Å². The molecule has 0 aliphatic heterocycles. The Balaban J connectivity index is 3.38. The average Bonchev–Trinajstić information content (AvgIpc) is 1.89. The Morgan fingerprint density at radius 3 is 2.50 bits per heavy atom. The Morgan fingerprint density at radius 1 is 1.50 bits per heavy atom. The second-order valence-corrected chi connectivity index (χ2v) is 2.84. The van der Waals surface area contributed by atoms with Crippen LogP contribution in [0.2, 0.25) is 0 Å². The van der Waals surface area contributed by atoms with Crippen LogP contribution < -0.4 is 0 Å². The van der Waals surface area contributed by atoms with Crippen LogP contribution in [0, 0.1) is 0 Å². The number of nitrogens with zero attached hydrogens (tertiary/aromatic N) is 1. The van der Waals surface area contributed by atoms with Crippen molar-refractivity contribution < 1.29 is 5.11 Å². The zero-order chi connectivity index (χ0) is 7.98. The van der Waals surface area contributed by atoms with Crippen LogP contribution >= 0.6 is 0 Å². The Labute approximate surface area is 63.8 Å². The van der Waals surface area contributed by atoms with Gasteiger partial charge in [-0.15, -0.1) is 0 Å². The second-order valence-electron chi connectivity index (χ2n) is 2.84. The summed E-state index contributed by atoms with van der Waals surface area (Å²) in [5.74, 6) is 0. The molecule has 0 aromatic heterocycles. The van der Waals surface area contributed by atoms with E-state index in [1.54, 1.807) is 0 Å². The SMILES string of the molecule is CCCC(C)N(C)CCO. The van der Waals surface area contributed by atoms with Crippen LogP contribution in [-0.2, 0) is 0 Å². The van der Waals surface area contributed by atoms with E-state index < -0.39 is 0 Å². The maximum atomic E-state index is 8.61. The van der Waals surface area contributed by atoms with Crippen molar-refractivity contribution in [2.75, 3.05) is 20.2 Å². The Kier molecular flexibility index (Phi) is 5.64. The van der Waals surface area contributed by atoms with Crippen molar-refractivity contribution in [1.82, 2.24) is 4.90 Å². The first-order chi connectivity index (χ1) is 4.72. The maximum absolute atomic E-state index is 8.61. The van der Waals surface area contributed by atoms with Crippen molar-refractivity contribution in [3.05, 3.63) is 0 Å². The van der Waals surface area contributed by atoms with E-state index >= 15 is 0 Å². The first-order valence-electron chi connectivity index (χ1n) is 4.03. The summed E-state index contributed by atoms with van der Waals surface area (Å²) in [4.78, 5) is 2.18. The minimum absolute atomic E-state index is 0.268. The van der Waals surface area contributed by atoms with Gasteiger partial charge in [-0.2, -0.15) is 0 Å². The molecule has 62 valence electrons. The van der Waals surface area contributed by atoms with Gasteiger partial charge >= 0.3 is 0 Å². The van der Waals surface area contributed by atoms with Crippen LogP contribution in [0.25, 0.3) is 0 Å². The predicted octanol–water partition coefficient (Wildman–Crippen LogP) is 1.10. The zero-order valence-electron chi connectivity index (χ0n) is 7.30. The molecule has 0 radical (unpaired) electrons. The van der Waals surface area contributed by atoms with Gasteiger partial charge < -0.3 is 10.0 Å². The summed E-state index contributed by atoms with van der Waals surface area (Å²) in [6.45, 7) is 5.44. The van der Waals surface area contributed by atoms with E-state index in [0.29, 0.717) is 6.04 Å². The van der Waals surface area contributed by atoms with Gasteiger partial charge in [0, 0.05) is 12.6 Å². The summed E-state index contributed by atoms with van der Waals surface area (Å²) in [6, 6.07) is 0.608. The molecule has 0 amide bonds. The van der Waals surface area contributed by atoms with Gasteiger partial charge in [-0.3, -0.25) is 0 Å². The molecular formula is C8H19NO. The van der Waals surface area contributed by atoms with E-state index in [9.17, 15) is 0 Å². The lowest BCUT2D eigenvalue weighted by Gasteiger charge is -2.22. The molecule has 2 heteroatoms. The van der Waals surface area contributed by atoms with Gasteiger partial charge in [-0.05, 0) is 20.4 Å². The lowest BCUT2D eigenvalue weighted by molar-refractivity contribution is 0.182. The molecule has 0 heterocycles. The third kappa shape index (κ3) is 3.85. The molecule has 0 fully saturated rings. The predicted molar refractivity (Wildman–Crippen MR) is 44.1 cm³/mol. The lowest BCUT2D eigenvalue weighted by Crippen LogP contribution is -2.31. The number of likely N-dealkylation sites (N-methyl/N-ethyl adjacent to an activating group) is 1. The minimum atomic E-state index is 0.268. The van der Waals surface area contributed by atoms with Crippen LogP contribution in [0.5, 0.6) is 0 Å². The van der Waals surface area contributed by atoms with Crippen molar-refractivity contribution in [3.63, 3.8) is 0 Å². The van der Waals surface area contributed by atoms with Crippen LogP contribution in [0.4, 0.5) is 0 Å². The number of aliphatic hydroxyl groups is 1. The number of hydrogen-bond acceptors (Lipinski definition) is 2. The highest BCUT2D eigenvalue weighted by Gasteiger charge is 2.05. The van der Waals surface area contributed by atoms with E-state index in [2.05, 4.69) is 25.8 Å². The number of rotatable bonds is 5. The van der Waals surface area contributed by atoms with Crippen LogP contribution in [0.15, 0.2) is 0 Å². The van der Waals surface area contributed by atoms with Gasteiger partial charge in [0.1, 0.15) is 0 Å². The third-order valence-electron chi connectivity index (χ3n) is 1.91. The molecule has 0 saturated carbocycles. The topological polar surface area (TPSA) is 23.5 Å². The Bertz CT molecular complexity index is 65.7. The highest BCUT2D eigenvalue weighted by molar-refractivity contribution is 4.60. The van der Waals surface area contributed by atoms with Crippen LogP contribution in [0.3, 0.4) is 0 Å². The molecule has 0 aliphatic carbocycles. The van der Waals surface area contributed by atoms with Gasteiger partial charge in [-0.1, -0.05) is 13.3 Å². The van der Waals surface area contributed by atoms with Gasteiger partial charge in [0.2, 0.25) is 0 Å². The molecule has 0 saturated heterocycles. The summed E-state index contributed by atoms with van der Waals surface area (Å²) >= 11 is 0. The van der Waals surface area contributed by atoms with E-state index in [0.717, 1.165) is 6.54 Å². The lowest BCUT2D eigenvalue weighted by atomic mass is 10.2. The fraction of sp³-hybridized carbons (Fsp3) is 1.00. The Hall–Kier alpha value is -0.0800. The molecule has 0 rings (SSSR count).